The normalized spacial score (nSPS) is 18.1. The van der Waals surface area contributed by atoms with Crippen molar-refractivity contribution in [3.8, 4) is 0 Å². The van der Waals surface area contributed by atoms with Crippen LogP contribution in [0.25, 0.3) is 0 Å². The Morgan fingerprint density at radius 1 is 1.15 bits per heavy atom. The molecule has 1 unspecified atom stereocenters. The minimum absolute atomic E-state index is 0.120. The molecule has 0 bridgehead atoms. The SMILES string of the molecule is CCN(CC)S(=O)(=O)c1ccc2c(c1)N(CC(=O)NCc1ccc(C)o1)C(=O)C1CCCCN21. The van der Waals surface area contributed by atoms with Gasteiger partial charge in [0, 0.05) is 19.6 Å². The number of piperidine rings is 1. The molecule has 184 valence electrons. The van der Waals surface area contributed by atoms with E-state index < -0.39 is 10.0 Å². The fraction of sp³-hybridized carbons (Fsp3) is 0.500. The van der Waals surface area contributed by atoms with Gasteiger partial charge in [-0.1, -0.05) is 13.8 Å². The van der Waals surface area contributed by atoms with Crippen molar-refractivity contribution in [1.29, 1.82) is 0 Å². The van der Waals surface area contributed by atoms with Gasteiger partial charge in [-0.3, -0.25) is 14.5 Å². The van der Waals surface area contributed by atoms with Crippen molar-refractivity contribution in [3.05, 3.63) is 41.9 Å². The molecule has 3 heterocycles. The van der Waals surface area contributed by atoms with Gasteiger partial charge in [0.05, 0.1) is 22.8 Å². The number of anilines is 2. The molecule has 1 fully saturated rings. The Morgan fingerprint density at radius 3 is 2.59 bits per heavy atom. The van der Waals surface area contributed by atoms with Crippen LogP contribution in [0, 0.1) is 6.92 Å². The molecule has 1 aromatic carbocycles. The molecule has 0 radical (unpaired) electrons. The summed E-state index contributed by atoms with van der Waals surface area (Å²) in [6, 6.07) is 8.18. The van der Waals surface area contributed by atoms with E-state index >= 15 is 0 Å². The highest BCUT2D eigenvalue weighted by molar-refractivity contribution is 7.89. The minimum Gasteiger partial charge on any atom is -0.465 e. The predicted octanol–water partition coefficient (Wildman–Crippen LogP) is 2.64. The molecule has 10 heteroatoms. The molecule has 1 saturated heterocycles. The first-order valence-electron chi connectivity index (χ1n) is 11.8. The number of amides is 2. The largest absolute Gasteiger partial charge is 0.465 e. The van der Waals surface area contributed by atoms with Gasteiger partial charge in [0.2, 0.25) is 21.8 Å². The number of sulfonamides is 1. The van der Waals surface area contributed by atoms with E-state index in [4.69, 9.17) is 4.42 Å². The second kappa shape index (κ2) is 9.79. The number of hydrogen-bond acceptors (Lipinski definition) is 6. The number of benzene rings is 1. The van der Waals surface area contributed by atoms with Gasteiger partial charge in [-0.2, -0.15) is 4.31 Å². The standard InChI is InChI=1S/C24H32N4O5S/c1-4-26(5-2)34(31,32)19-11-12-20-22(14-19)28(24(30)21-8-6-7-13-27(20)21)16-23(29)25-15-18-10-9-17(3)33-18/h9-12,14,21H,4-8,13,15-16H2,1-3H3,(H,25,29). The number of carbonyl (C=O) groups excluding carboxylic acids is 2. The van der Waals surface area contributed by atoms with E-state index in [1.807, 2.05) is 13.0 Å². The van der Waals surface area contributed by atoms with Crippen LogP contribution in [0.15, 0.2) is 39.6 Å². The first kappa shape index (κ1) is 24.3. The molecular formula is C24H32N4O5S. The Kier molecular flexibility index (Phi) is 6.99. The lowest BCUT2D eigenvalue weighted by molar-refractivity contribution is -0.125. The summed E-state index contributed by atoms with van der Waals surface area (Å²) in [4.78, 5) is 29.9. The molecule has 1 aromatic heterocycles. The Labute approximate surface area is 200 Å². The van der Waals surface area contributed by atoms with Crippen LogP contribution in [-0.4, -0.2) is 56.8 Å². The molecule has 0 aliphatic carbocycles. The third-order valence-electron chi connectivity index (χ3n) is 6.50. The monoisotopic (exact) mass is 488 g/mol. The molecule has 4 rings (SSSR count). The maximum absolute atomic E-state index is 13.5. The van der Waals surface area contributed by atoms with Gasteiger partial charge < -0.3 is 14.6 Å². The molecule has 2 aromatic rings. The molecule has 34 heavy (non-hydrogen) atoms. The molecule has 0 spiro atoms. The third-order valence-corrected chi connectivity index (χ3v) is 8.55. The topological polar surface area (TPSA) is 103 Å². The fourth-order valence-electron chi connectivity index (χ4n) is 4.74. The number of nitrogens with one attached hydrogen (secondary N) is 1. The highest BCUT2D eigenvalue weighted by atomic mass is 32.2. The van der Waals surface area contributed by atoms with Gasteiger partial charge in [-0.15, -0.1) is 0 Å². The summed E-state index contributed by atoms with van der Waals surface area (Å²) in [5.74, 6) is 0.870. The maximum Gasteiger partial charge on any atom is 0.250 e. The smallest absolute Gasteiger partial charge is 0.250 e. The average Bonchev–Trinajstić information content (AvgIpc) is 3.25. The van der Waals surface area contributed by atoms with Crippen molar-refractivity contribution in [3.63, 3.8) is 0 Å². The van der Waals surface area contributed by atoms with Crippen molar-refractivity contribution >= 4 is 33.2 Å². The summed E-state index contributed by atoms with van der Waals surface area (Å²) in [7, 11) is -3.71. The molecular weight excluding hydrogens is 456 g/mol. The van der Waals surface area contributed by atoms with Gasteiger partial charge in [0.25, 0.3) is 0 Å². The summed E-state index contributed by atoms with van der Waals surface area (Å²) in [6.07, 6.45) is 2.61. The molecule has 2 aliphatic rings. The lowest BCUT2D eigenvalue weighted by atomic mass is 9.96. The number of hydrogen-bond donors (Lipinski definition) is 1. The van der Waals surface area contributed by atoms with Crippen molar-refractivity contribution < 1.29 is 22.4 Å². The minimum atomic E-state index is -3.71. The summed E-state index contributed by atoms with van der Waals surface area (Å²) in [5, 5.41) is 2.80. The van der Waals surface area contributed by atoms with Gasteiger partial charge in [0.15, 0.2) is 0 Å². The van der Waals surface area contributed by atoms with Crippen LogP contribution in [-0.2, 0) is 26.2 Å². The molecule has 1 N–H and O–H groups in total. The lowest BCUT2D eigenvalue weighted by Gasteiger charge is -2.45. The highest BCUT2D eigenvalue weighted by Gasteiger charge is 2.40. The van der Waals surface area contributed by atoms with Crippen LogP contribution >= 0.6 is 0 Å². The summed E-state index contributed by atoms with van der Waals surface area (Å²) in [6.45, 7) is 6.86. The van der Waals surface area contributed by atoms with Gasteiger partial charge in [-0.25, -0.2) is 8.42 Å². The van der Waals surface area contributed by atoms with Crippen LogP contribution < -0.4 is 15.1 Å². The summed E-state index contributed by atoms with van der Waals surface area (Å²) >= 11 is 0. The molecule has 9 nitrogen and oxygen atoms in total. The zero-order chi connectivity index (χ0) is 24.5. The first-order valence-corrected chi connectivity index (χ1v) is 13.2. The van der Waals surface area contributed by atoms with Gasteiger partial charge in [-0.05, 0) is 56.5 Å². The molecule has 2 amide bonds. The zero-order valence-corrected chi connectivity index (χ0v) is 20.7. The van der Waals surface area contributed by atoms with E-state index in [0.717, 1.165) is 30.8 Å². The Bertz CT molecular complexity index is 1170. The van der Waals surface area contributed by atoms with Crippen LogP contribution in [0.4, 0.5) is 11.4 Å². The Balaban J connectivity index is 1.65. The van der Waals surface area contributed by atoms with E-state index in [1.165, 1.54) is 15.3 Å². The van der Waals surface area contributed by atoms with Crippen LogP contribution in [0.2, 0.25) is 0 Å². The van der Waals surface area contributed by atoms with Gasteiger partial charge in [0.1, 0.15) is 24.1 Å². The first-order chi connectivity index (χ1) is 16.3. The summed E-state index contributed by atoms with van der Waals surface area (Å²) in [5.41, 5.74) is 1.25. The third kappa shape index (κ3) is 4.56. The number of carbonyl (C=O) groups is 2. The van der Waals surface area contributed by atoms with Crippen molar-refractivity contribution in [2.45, 2.75) is 57.5 Å². The molecule has 1 atom stereocenters. The maximum atomic E-state index is 13.5. The van der Waals surface area contributed by atoms with Crippen LogP contribution in [0.3, 0.4) is 0 Å². The van der Waals surface area contributed by atoms with Crippen LogP contribution in [0.1, 0.15) is 44.6 Å². The van der Waals surface area contributed by atoms with E-state index in [1.54, 1.807) is 32.0 Å². The second-order valence-corrected chi connectivity index (χ2v) is 10.6. The van der Waals surface area contributed by atoms with Crippen molar-refractivity contribution in [2.24, 2.45) is 0 Å². The highest BCUT2D eigenvalue weighted by Crippen LogP contribution is 2.41. The molecule has 0 saturated carbocycles. The number of aryl methyl sites for hydroxylation is 1. The number of furan rings is 1. The summed E-state index contributed by atoms with van der Waals surface area (Å²) < 4.78 is 33.2. The van der Waals surface area contributed by atoms with E-state index in [9.17, 15) is 18.0 Å². The van der Waals surface area contributed by atoms with E-state index in [0.29, 0.717) is 31.0 Å². The van der Waals surface area contributed by atoms with Crippen molar-refractivity contribution in [1.82, 2.24) is 9.62 Å². The number of rotatable bonds is 8. The van der Waals surface area contributed by atoms with E-state index in [-0.39, 0.29) is 35.8 Å². The van der Waals surface area contributed by atoms with E-state index in [2.05, 4.69) is 10.2 Å². The Morgan fingerprint density at radius 2 is 1.91 bits per heavy atom. The quantitative estimate of drug-likeness (QED) is 0.613. The average molecular weight is 489 g/mol. The second-order valence-electron chi connectivity index (χ2n) is 8.66. The van der Waals surface area contributed by atoms with Gasteiger partial charge >= 0.3 is 0 Å². The lowest BCUT2D eigenvalue weighted by Crippen LogP contribution is -2.57. The predicted molar refractivity (Wildman–Crippen MR) is 129 cm³/mol. The Hall–Kier alpha value is -2.85. The molecule has 2 aliphatic heterocycles. The van der Waals surface area contributed by atoms with Crippen molar-refractivity contribution in [2.75, 3.05) is 36.0 Å². The fourth-order valence-corrected chi connectivity index (χ4v) is 6.22. The zero-order valence-electron chi connectivity index (χ0n) is 19.9. The number of nitrogens with zero attached hydrogens (tertiary/aromatic N) is 3. The number of fused-ring (bicyclic) bond motifs is 3. The van der Waals surface area contributed by atoms with Crippen LogP contribution in [0.5, 0.6) is 0 Å².